The van der Waals surface area contributed by atoms with Crippen LogP contribution in [0.3, 0.4) is 0 Å². The summed E-state index contributed by atoms with van der Waals surface area (Å²) in [6, 6.07) is 6.04. The normalized spacial score (nSPS) is 29.1. The number of nitrogens with zero attached hydrogens (tertiary/aromatic N) is 1. The Hall–Kier alpha value is -0.955. The number of benzene rings is 1. The van der Waals surface area contributed by atoms with Gasteiger partial charge in [0, 0.05) is 23.5 Å². The fourth-order valence-electron chi connectivity index (χ4n) is 4.04. The van der Waals surface area contributed by atoms with E-state index in [1.54, 1.807) is 6.07 Å². The van der Waals surface area contributed by atoms with Gasteiger partial charge in [-0.25, -0.2) is 0 Å². The zero-order valence-corrected chi connectivity index (χ0v) is 14.0. The molecule has 22 heavy (non-hydrogen) atoms. The molecule has 1 aromatic rings. The Kier molecular flexibility index (Phi) is 4.82. The lowest BCUT2D eigenvalue weighted by Crippen LogP contribution is -2.43. The molecule has 1 aromatic carbocycles. The molecule has 1 amide bonds. The summed E-state index contributed by atoms with van der Waals surface area (Å²) < 4.78 is 0. The van der Waals surface area contributed by atoms with Gasteiger partial charge in [-0.1, -0.05) is 55.0 Å². The van der Waals surface area contributed by atoms with Crippen molar-refractivity contribution >= 4 is 30.8 Å². The maximum Gasteiger partial charge on any atom is 0.226 e. The molecule has 3 atom stereocenters. The van der Waals surface area contributed by atoms with Gasteiger partial charge in [0.25, 0.3) is 0 Å². The van der Waals surface area contributed by atoms with E-state index in [4.69, 9.17) is 19.4 Å². The van der Waals surface area contributed by atoms with Crippen LogP contribution in [0.4, 0.5) is 0 Å². The van der Waals surface area contributed by atoms with Crippen LogP contribution in [0.25, 0.3) is 0 Å². The molecule has 0 bridgehead atoms. The van der Waals surface area contributed by atoms with Crippen molar-refractivity contribution in [2.24, 2.45) is 11.8 Å². The van der Waals surface area contributed by atoms with Crippen molar-refractivity contribution in [2.75, 3.05) is 6.54 Å². The number of amides is 1. The van der Waals surface area contributed by atoms with Crippen molar-refractivity contribution in [2.45, 2.75) is 51.5 Å². The molecular weight excluding hydrogens is 292 g/mol. The van der Waals surface area contributed by atoms with Crippen molar-refractivity contribution in [1.29, 1.82) is 0 Å². The third-order valence-corrected chi connectivity index (χ3v) is 5.71. The maximum atomic E-state index is 12.8. The van der Waals surface area contributed by atoms with Crippen molar-refractivity contribution in [3.8, 4) is 0 Å². The molecule has 3 rings (SSSR count). The first-order valence-electron chi connectivity index (χ1n) is 8.40. The highest BCUT2D eigenvalue weighted by Crippen LogP contribution is 2.34. The Morgan fingerprint density at radius 1 is 1.27 bits per heavy atom. The first-order valence-corrected chi connectivity index (χ1v) is 8.78. The Labute approximate surface area is 139 Å². The zero-order valence-electron chi connectivity index (χ0n) is 13.2. The Balaban J connectivity index is 1.68. The summed E-state index contributed by atoms with van der Waals surface area (Å²) in [6.07, 6.45) is 6.67. The maximum absolute atomic E-state index is 12.8. The average molecular weight is 316 g/mol. The number of rotatable bonds is 3. The molecule has 1 heterocycles. The van der Waals surface area contributed by atoms with E-state index in [1.165, 1.54) is 25.7 Å². The van der Waals surface area contributed by atoms with Crippen molar-refractivity contribution in [3.05, 3.63) is 28.8 Å². The highest BCUT2D eigenvalue weighted by atomic mass is 35.5. The van der Waals surface area contributed by atoms with Gasteiger partial charge in [-0.15, -0.1) is 0 Å². The highest BCUT2D eigenvalue weighted by Gasteiger charge is 2.38. The van der Waals surface area contributed by atoms with E-state index in [2.05, 4.69) is 11.8 Å². The second-order valence-corrected chi connectivity index (χ2v) is 7.31. The number of hydrogen-bond acceptors (Lipinski definition) is 1. The minimum Gasteiger partial charge on any atom is -0.339 e. The summed E-state index contributed by atoms with van der Waals surface area (Å²) in [7, 11) is 5.74. The molecule has 2 radical (unpaired) electrons. The fourth-order valence-corrected chi connectivity index (χ4v) is 4.30. The van der Waals surface area contributed by atoms with E-state index in [9.17, 15) is 4.79 Å². The van der Waals surface area contributed by atoms with Gasteiger partial charge in [-0.2, -0.15) is 0 Å². The van der Waals surface area contributed by atoms with Gasteiger partial charge >= 0.3 is 0 Å². The molecule has 2 fully saturated rings. The number of carbonyl (C=O) groups is 1. The molecular formula is C18H23BClNO. The summed E-state index contributed by atoms with van der Waals surface area (Å²) >= 11 is 6.26. The molecule has 116 valence electrons. The van der Waals surface area contributed by atoms with E-state index < -0.39 is 0 Å². The van der Waals surface area contributed by atoms with Crippen LogP contribution in [0, 0.1) is 11.8 Å². The van der Waals surface area contributed by atoms with Crippen LogP contribution in [0.2, 0.25) is 5.02 Å². The van der Waals surface area contributed by atoms with Gasteiger partial charge < -0.3 is 4.90 Å². The summed E-state index contributed by atoms with van der Waals surface area (Å²) in [6.45, 7) is 3.20. The van der Waals surface area contributed by atoms with Crippen molar-refractivity contribution < 1.29 is 4.79 Å². The summed E-state index contributed by atoms with van der Waals surface area (Å²) in [5.41, 5.74) is 1.71. The second-order valence-electron chi connectivity index (χ2n) is 6.90. The molecule has 1 aliphatic carbocycles. The summed E-state index contributed by atoms with van der Waals surface area (Å²) in [5, 5.41) is 0.678. The molecule has 0 N–H and O–H groups in total. The van der Waals surface area contributed by atoms with E-state index in [1.807, 2.05) is 12.1 Å². The van der Waals surface area contributed by atoms with Crippen LogP contribution in [0.5, 0.6) is 0 Å². The van der Waals surface area contributed by atoms with Gasteiger partial charge in [0.2, 0.25) is 5.91 Å². The molecule has 1 saturated heterocycles. The number of hydrogen-bond donors (Lipinski definition) is 0. The van der Waals surface area contributed by atoms with Crippen LogP contribution in [0.15, 0.2) is 18.2 Å². The third-order valence-electron chi connectivity index (χ3n) is 5.36. The van der Waals surface area contributed by atoms with Gasteiger partial charge in [0.1, 0.15) is 7.85 Å². The second kappa shape index (κ2) is 6.66. The van der Waals surface area contributed by atoms with Gasteiger partial charge in [-0.3, -0.25) is 4.79 Å². The van der Waals surface area contributed by atoms with Crippen LogP contribution in [0.1, 0.15) is 44.6 Å². The van der Waals surface area contributed by atoms with E-state index in [0.29, 0.717) is 28.4 Å². The topological polar surface area (TPSA) is 20.3 Å². The van der Waals surface area contributed by atoms with Gasteiger partial charge in [0.15, 0.2) is 0 Å². The Morgan fingerprint density at radius 3 is 2.77 bits per heavy atom. The quantitative estimate of drug-likeness (QED) is 0.785. The minimum atomic E-state index is 0.0789. The van der Waals surface area contributed by atoms with Gasteiger partial charge in [-0.05, 0) is 37.2 Å². The first kappa shape index (κ1) is 15.9. The predicted octanol–water partition coefficient (Wildman–Crippen LogP) is 3.10. The molecule has 4 heteroatoms. The smallest absolute Gasteiger partial charge is 0.226 e. The van der Waals surface area contributed by atoms with E-state index >= 15 is 0 Å². The van der Waals surface area contributed by atoms with Crippen LogP contribution in [-0.2, 0) is 11.2 Å². The summed E-state index contributed by atoms with van der Waals surface area (Å²) in [4.78, 5) is 14.9. The van der Waals surface area contributed by atoms with Crippen LogP contribution >= 0.6 is 11.6 Å². The molecule has 3 unspecified atom stereocenters. The summed E-state index contributed by atoms with van der Waals surface area (Å²) in [5.74, 6) is 1.04. The lowest BCUT2D eigenvalue weighted by Gasteiger charge is -2.36. The number of halogens is 1. The predicted molar refractivity (Wildman–Crippen MR) is 91.8 cm³/mol. The molecule has 0 aromatic heterocycles. The van der Waals surface area contributed by atoms with E-state index in [0.717, 1.165) is 24.9 Å². The molecule has 2 aliphatic rings. The standard InChI is InChI=1S/C18H23BClNO/c1-12-4-2-3-5-17(12)21-9-8-14(18(21)22)10-13-6-7-15(19)11-16(13)20/h6-7,11-12,14,17H,2-5,8-10H2,1H3. The Morgan fingerprint density at radius 2 is 2.05 bits per heavy atom. The minimum absolute atomic E-state index is 0.0789. The fraction of sp³-hybridized carbons (Fsp3) is 0.611. The van der Waals surface area contributed by atoms with E-state index in [-0.39, 0.29) is 5.92 Å². The average Bonchev–Trinajstić information content (AvgIpc) is 2.84. The number of carbonyl (C=O) groups excluding carboxylic acids is 1. The zero-order chi connectivity index (χ0) is 15.7. The molecule has 0 spiro atoms. The Bertz CT molecular complexity index is 562. The SMILES string of the molecule is [B]c1ccc(CC2CCN(C3CCCCC3C)C2=O)c(Cl)c1. The largest absolute Gasteiger partial charge is 0.339 e. The van der Waals surface area contributed by atoms with Gasteiger partial charge in [0.05, 0.1) is 0 Å². The monoisotopic (exact) mass is 315 g/mol. The first-order chi connectivity index (χ1) is 10.6. The van der Waals surface area contributed by atoms with Crippen molar-refractivity contribution in [1.82, 2.24) is 4.90 Å². The van der Waals surface area contributed by atoms with Crippen LogP contribution < -0.4 is 5.46 Å². The molecule has 1 saturated carbocycles. The lowest BCUT2D eigenvalue weighted by molar-refractivity contribution is -0.134. The third kappa shape index (κ3) is 3.20. The lowest BCUT2D eigenvalue weighted by atomic mass is 9.85. The highest BCUT2D eigenvalue weighted by molar-refractivity contribution is 6.36. The molecule has 1 aliphatic heterocycles. The van der Waals surface area contributed by atoms with Crippen molar-refractivity contribution in [3.63, 3.8) is 0 Å². The van der Waals surface area contributed by atoms with Crippen LogP contribution in [-0.4, -0.2) is 31.2 Å². The number of likely N-dealkylation sites (tertiary alicyclic amines) is 1. The molecule has 2 nitrogen and oxygen atoms in total.